The molecule has 0 aromatic heterocycles. The van der Waals surface area contributed by atoms with E-state index in [2.05, 4.69) is 10.6 Å². The summed E-state index contributed by atoms with van der Waals surface area (Å²) in [5.74, 6) is -0.598. The van der Waals surface area contributed by atoms with Gasteiger partial charge in [0.1, 0.15) is 8.64 Å². The van der Waals surface area contributed by atoms with Gasteiger partial charge in [0.15, 0.2) is 0 Å². The van der Waals surface area contributed by atoms with Gasteiger partial charge >= 0.3 is 0 Å². The Morgan fingerprint density at radius 3 is 1.37 bits per heavy atom. The number of benzene rings is 2. The van der Waals surface area contributed by atoms with Gasteiger partial charge in [-0.15, -0.1) is 0 Å². The van der Waals surface area contributed by atoms with Crippen LogP contribution in [0.4, 0.5) is 11.4 Å². The number of nitrogens with zero attached hydrogens (tertiary/aromatic N) is 2. The lowest BCUT2D eigenvalue weighted by molar-refractivity contribution is -0.124. The molecule has 4 amide bonds. The zero-order chi connectivity index (χ0) is 33.4. The average molecular weight is 697 g/mol. The molecule has 0 atom stereocenters. The van der Waals surface area contributed by atoms with E-state index in [4.69, 9.17) is 24.4 Å². The van der Waals surface area contributed by atoms with Crippen LogP contribution in [0.15, 0.2) is 46.2 Å². The minimum absolute atomic E-state index is 0.0328. The molecule has 2 fully saturated rings. The molecule has 46 heavy (non-hydrogen) atoms. The summed E-state index contributed by atoms with van der Waals surface area (Å²) in [4.78, 5) is 54.9. The van der Waals surface area contributed by atoms with Crippen molar-refractivity contribution in [3.8, 4) is 0 Å². The van der Waals surface area contributed by atoms with Crippen LogP contribution in [0.3, 0.4) is 0 Å². The molecule has 0 aliphatic carbocycles. The number of thioether (sulfide) groups is 2. The summed E-state index contributed by atoms with van der Waals surface area (Å²) in [6.45, 7) is 8.97. The Morgan fingerprint density at radius 1 is 0.609 bits per heavy atom. The van der Waals surface area contributed by atoms with E-state index in [0.29, 0.717) is 70.1 Å². The van der Waals surface area contributed by atoms with Crippen LogP contribution in [-0.4, -0.2) is 55.2 Å². The highest BCUT2D eigenvalue weighted by Crippen LogP contribution is 2.42. The molecular formula is C34H40N4O4S4. The number of hydrogen-bond donors (Lipinski definition) is 2. The highest BCUT2D eigenvalue weighted by Gasteiger charge is 2.41. The third-order valence-corrected chi connectivity index (χ3v) is 11.1. The average Bonchev–Trinajstić information content (AvgIpc) is 3.44. The molecule has 2 aromatic carbocycles. The number of thiocarbonyl (C=S) groups is 2. The van der Waals surface area contributed by atoms with Gasteiger partial charge in [-0.25, -0.2) is 0 Å². The summed E-state index contributed by atoms with van der Waals surface area (Å²) in [7, 11) is 0. The number of nitrogens with one attached hydrogen (secondary N) is 2. The van der Waals surface area contributed by atoms with Gasteiger partial charge in [0.2, 0.25) is 11.8 Å². The molecule has 12 heteroatoms. The maximum Gasteiger partial charge on any atom is 0.267 e. The zero-order valence-electron chi connectivity index (χ0n) is 26.7. The lowest BCUT2D eigenvalue weighted by atomic mass is 10.1. The lowest BCUT2D eigenvalue weighted by Crippen LogP contribution is -2.31. The molecule has 0 unspecified atom stereocenters. The van der Waals surface area contributed by atoms with Gasteiger partial charge in [-0.3, -0.25) is 29.0 Å². The minimum atomic E-state index is -0.266. The molecule has 4 rings (SSSR count). The Labute approximate surface area is 290 Å². The van der Waals surface area contributed by atoms with Crippen molar-refractivity contribution in [2.24, 2.45) is 0 Å². The van der Waals surface area contributed by atoms with Gasteiger partial charge in [-0.2, -0.15) is 0 Å². The monoisotopic (exact) mass is 696 g/mol. The molecule has 2 aliphatic heterocycles. The van der Waals surface area contributed by atoms with Crippen LogP contribution in [0.25, 0.3) is 0 Å². The van der Waals surface area contributed by atoms with E-state index in [-0.39, 0.29) is 23.6 Å². The molecule has 2 N–H and O–H groups in total. The Morgan fingerprint density at radius 2 is 1.00 bits per heavy atom. The number of amides is 4. The van der Waals surface area contributed by atoms with Crippen LogP contribution in [-0.2, 0) is 19.2 Å². The van der Waals surface area contributed by atoms with E-state index in [1.165, 1.54) is 11.1 Å². The summed E-state index contributed by atoms with van der Waals surface area (Å²) >= 11 is 13.3. The first-order valence-electron chi connectivity index (χ1n) is 15.5. The van der Waals surface area contributed by atoms with Crippen molar-refractivity contribution in [1.82, 2.24) is 9.80 Å². The van der Waals surface area contributed by atoms with E-state index in [9.17, 15) is 19.2 Å². The first kappa shape index (κ1) is 35.8. The molecule has 2 aliphatic rings. The minimum Gasteiger partial charge on any atom is -0.326 e. The Bertz CT molecular complexity index is 1470. The SMILES string of the molecule is Cc1ccc(NC(=O)CCCCCN2C(=O)C(=C3SC(=S)N(CCCCCC(=O)Nc4ccc(C)c(C)c4)C3=O)SC2=S)cc1C. The summed E-state index contributed by atoms with van der Waals surface area (Å²) in [5, 5.41) is 5.88. The summed E-state index contributed by atoms with van der Waals surface area (Å²) in [6.07, 6.45) is 5.11. The van der Waals surface area contributed by atoms with E-state index in [1.54, 1.807) is 9.80 Å². The highest BCUT2D eigenvalue weighted by atomic mass is 32.2. The molecule has 0 bridgehead atoms. The Kier molecular flexibility index (Phi) is 13.0. The highest BCUT2D eigenvalue weighted by molar-refractivity contribution is 8.29. The standard InChI is InChI=1S/C34H40N4O4S4/c1-21-13-15-25(19-23(21)3)35-27(39)11-7-5-9-17-37-31(41)29(45-33(37)43)30-32(42)38(34(44)46-30)18-10-6-8-12-28(40)36-26-16-14-22(2)24(4)20-26/h13-16,19-20H,5-12,17-18H2,1-4H3,(H,35,39)(H,36,40). The Hall–Kier alpha value is -3.06. The second kappa shape index (κ2) is 16.7. The van der Waals surface area contributed by atoms with Crippen LogP contribution in [0.2, 0.25) is 0 Å². The molecule has 8 nitrogen and oxygen atoms in total. The first-order chi connectivity index (χ1) is 21.9. The molecule has 0 spiro atoms. The normalized spacial score (nSPS) is 16.5. The summed E-state index contributed by atoms with van der Waals surface area (Å²) < 4.78 is 0.855. The molecule has 0 radical (unpaired) electrons. The van der Waals surface area contributed by atoms with E-state index < -0.39 is 0 Å². The van der Waals surface area contributed by atoms with E-state index in [1.807, 2.05) is 64.1 Å². The number of rotatable bonds is 14. The van der Waals surface area contributed by atoms with E-state index >= 15 is 0 Å². The molecular weight excluding hydrogens is 657 g/mol. The van der Waals surface area contributed by atoms with Crippen molar-refractivity contribution in [3.05, 3.63) is 68.5 Å². The van der Waals surface area contributed by atoms with Crippen molar-refractivity contribution in [1.29, 1.82) is 0 Å². The third-order valence-electron chi connectivity index (χ3n) is 8.06. The van der Waals surface area contributed by atoms with Crippen molar-refractivity contribution in [2.75, 3.05) is 23.7 Å². The maximum absolute atomic E-state index is 13.2. The van der Waals surface area contributed by atoms with Crippen molar-refractivity contribution >= 4 is 91.6 Å². The Balaban J connectivity index is 1.17. The second-order valence-corrected chi connectivity index (χ2v) is 14.9. The number of unbranched alkanes of at least 4 members (excludes halogenated alkanes) is 4. The number of aryl methyl sites for hydroxylation is 4. The predicted octanol–water partition coefficient (Wildman–Crippen LogP) is 7.55. The molecule has 244 valence electrons. The number of carbonyl (C=O) groups is 4. The topological polar surface area (TPSA) is 98.8 Å². The van der Waals surface area contributed by atoms with Crippen molar-refractivity contribution in [2.45, 2.75) is 79.1 Å². The predicted molar refractivity (Wildman–Crippen MR) is 197 cm³/mol. The first-order valence-corrected chi connectivity index (χ1v) is 18.0. The maximum atomic E-state index is 13.2. The summed E-state index contributed by atoms with van der Waals surface area (Å²) in [5.41, 5.74) is 6.21. The van der Waals surface area contributed by atoms with Crippen LogP contribution in [0, 0.1) is 27.7 Å². The smallest absolute Gasteiger partial charge is 0.267 e. The summed E-state index contributed by atoms with van der Waals surface area (Å²) in [6, 6.07) is 11.7. The van der Waals surface area contributed by atoms with E-state index in [0.717, 1.165) is 58.9 Å². The van der Waals surface area contributed by atoms with Crippen LogP contribution >= 0.6 is 48.0 Å². The molecule has 2 heterocycles. The lowest BCUT2D eigenvalue weighted by Gasteiger charge is -2.14. The van der Waals surface area contributed by atoms with Gasteiger partial charge in [0, 0.05) is 37.3 Å². The van der Waals surface area contributed by atoms with Crippen LogP contribution in [0.5, 0.6) is 0 Å². The fourth-order valence-electron chi connectivity index (χ4n) is 5.01. The second-order valence-electron chi connectivity index (χ2n) is 11.6. The van der Waals surface area contributed by atoms with Crippen molar-refractivity contribution in [3.63, 3.8) is 0 Å². The van der Waals surface area contributed by atoms with Gasteiger partial charge in [0.25, 0.3) is 11.8 Å². The molecule has 2 saturated heterocycles. The van der Waals surface area contributed by atoms with Crippen LogP contribution < -0.4 is 10.6 Å². The van der Waals surface area contributed by atoms with Crippen LogP contribution in [0.1, 0.15) is 73.6 Å². The van der Waals surface area contributed by atoms with Gasteiger partial charge in [-0.1, -0.05) is 72.9 Å². The molecule has 2 aromatic rings. The zero-order valence-corrected chi connectivity index (χ0v) is 30.0. The fraction of sp³-hybridized carbons (Fsp3) is 0.412. The van der Waals surface area contributed by atoms with Gasteiger partial charge in [0.05, 0.1) is 9.81 Å². The van der Waals surface area contributed by atoms with Gasteiger partial charge < -0.3 is 10.6 Å². The third kappa shape index (κ3) is 9.49. The fourth-order valence-corrected chi connectivity index (χ4v) is 7.78. The number of anilines is 2. The van der Waals surface area contributed by atoms with Gasteiger partial charge in [-0.05, 0) is 99.9 Å². The largest absolute Gasteiger partial charge is 0.326 e. The van der Waals surface area contributed by atoms with Crippen molar-refractivity contribution < 1.29 is 19.2 Å². The number of hydrogen-bond acceptors (Lipinski definition) is 8. The molecule has 0 saturated carbocycles. The number of carbonyl (C=O) groups excluding carboxylic acids is 4. The quantitative estimate of drug-likeness (QED) is 0.119.